The van der Waals surface area contributed by atoms with Crippen molar-refractivity contribution >= 4 is 27.5 Å². The van der Waals surface area contributed by atoms with Crippen molar-refractivity contribution in [3.05, 3.63) is 24.3 Å². The largest absolute Gasteiger partial charge is 0.399 e. The van der Waals surface area contributed by atoms with Gasteiger partial charge >= 0.3 is 0 Å². The lowest BCUT2D eigenvalue weighted by molar-refractivity contribution is 0.394. The summed E-state index contributed by atoms with van der Waals surface area (Å²) in [6.45, 7) is 0. The van der Waals surface area contributed by atoms with Crippen molar-refractivity contribution in [2.24, 2.45) is 0 Å². The molecule has 2 N–H and O–H groups in total. The Labute approximate surface area is 106 Å². The van der Waals surface area contributed by atoms with Crippen LogP contribution in [0.25, 0.3) is 0 Å². The summed E-state index contributed by atoms with van der Waals surface area (Å²) in [5.41, 5.74) is 6.13. The van der Waals surface area contributed by atoms with Crippen LogP contribution in [-0.4, -0.2) is 37.3 Å². The van der Waals surface area contributed by atoms with Gasteiger partial charge in [0.15, 0.2) is 0 Å². The molecule has 0 aliphatic carbocycles. The first-order valence-electron chi connectivity index (χ1n) is 5.43. The van der Waals surface area contributed by atoms with Crippen LogP contribution >= 0.6 is 11.8 Å². The van der Waals surface area contributed by atoms with Gasteiger partial charge in [0.05, 0.1) is 4.90 Å². The van der Waals surface area contributed by atoms with Crippen LogP contribution in [0.15, 0.2) is 29.2 Å². The second-order valence-electron chi connectivity index (χ2n) is 4.11. The second kappa shape index (κ2) is 4.88. The average molecular weight is 272 g/mol. The number of nitrogen functional groups attached to an aromatic ring is 1. The first-order valence-corrected chi connectivity index (χ1v) is 8.02. The minimum atomic E-state index is -3.37. The third-order valence-electron chi connectivity index (χ3n) is 2.98. The fourth-order valence-corrected chi connectivity index (χ4v) is 4.56. The molecule has 1 aliphatic rings. The van der Waals surface area contributed by atoms with E-state index >= 15 is 0 Å². The molecule has 1 saturated heterocycles. The Morgan fingerprint density at radius 3 is 2.53 bits per heavy atom. The Hall–Kier alpha value is -0.720. The smallest absolute Gasteiger partial charge is 0.243 e. The van der Waals surface area contributed by atoms with Gasteiger partial charge in [-0.25, -0.2) is 8.42 Å². The number of hydrogen-bond donors (Lipinski definition) is 1. The molecule has 2 rings (SSSR count). The minimum absolute atomic E-state index is 0.113. The first kappa shape index (κ1) is 12.7. The molecular formula is C11H16N2O2S2. The van der Waals surface area contributed by atoms with E-state index in [9.17, 15) is 8.42 Å². The molecule has 0 aromatic heterocycles. The number of thioether (sulfide) groups is 1. The summed E-state index contributed by atoms with van der Waals surface area (Å²) >= 11 is 1.80. The average Bonchev–Trinajstić information content (AvgIpc) is 2.82. The molecule has 1 heterocycles. The highest BCUT2D eigenvalue weighted by molar-refractivity contribution is 7.99. The lowest BCUT2D eigenvalue weighted by Gasteiger charge is -2.23. The Kier molecular flexibility index (Phi) is 3.65. The molecule has 1 aromatic rings. The lowest BCUT2D eigenvalue weighted by Crippen LogP contribution is -2.36. The molecular weight excluding hydrogens is 256 g/mol. The number of benzene rings is 1. The van der Waals surface area contributed by atoms with Gasteiger partial charge in [-0.05, 0) is 36.4 Å². The number of sulfonamides is 1. The molecule has 0 bridgehead atoms. The Bertz CT molecular complexity index is 479. The fourth-order valence-electron chi connectivity index (χ4n) is 1.81. The van der Waals surface area contributed by atoms with Gasteiger partial charge in [-0.1, -0.05) is 0 Å². The zero-order valence-electron chi connectivity index (χ0n) is 9.67. The zero-order valence-corrected chi connectivity index (χ0v) is 11.3. The van der Waals surface area contributed by atoms with Gasteiger partial charge in [-0.3, -0.25) is 0 Å². The topological polar surface area (TPSA) is 63.4 Å². The van der Waals surface area contributed by atoms with Gasteiger partial charge in [0, 0.05) is 24.5 Å². The van der Waals surface area contributed by atoms with Crippen molar-refractivity contribution in [2.75, 3.05) is 24.3 Å². The van der Waals surface area contributed by atoms with Crippen LogP contribution < -0.4 is 5.73 Å². The molecule has 0 spiro atoms. The third kappa shape index (κ3) is 2.59. The van der Waals surface area contributed by atoms with Gasteiger partial charge in [0.1, 0.15) is 0 Å². The molecule has 0 saturated carbocycles. The van der Waals surface area contributed by atoms with Crippen molar-refractivity contribution < 1.29 is 8.42 Å². The SMILES string of the molecule is CN(C1CCSC1)S(=O)(=O)c1ccc(N)cc1. The summed E-state index contributed by atoms with van der Waals surface area (Å²) in [5, 5.41) is 0. The van der Waals surface area contributed by atoms with Crippen LogP contribution in [0.5, 0.6) is 0 Å². The molecule has 0 amide bonds. The molecule has 4 nitrogen and oxygen atoms in total. The van der Waals surface area contributed by atoms with Crippen molar-refractivity contribution in [3.8, 4) is 0 Å². The summed E-state index contributed by atoms with van der Waals surface area (Å²) in [6, 6.07) is 6.46. The van der Waals surface area contributed by atoms with Crippen molar-refractivity contribution in [1.29, 1.82) is 0 Å². The van der Waals surface area contributed by atoms with Crippen molar-refractivity contribution in [2.45, 2.75) is 17.4 Å². The molecule has 1 aromatic carbocycles. The Morgan fingerprint density at radius 2 is 2.00 bits per heavy atom. The van der Waals surface area contributed by atoms with E-state index in [4.69, 9.17) is 5.73 Å². The fraction of sp³-hybridized carbons (Fsp3) is 0.455. The van der Waals surface area contributed by atoms with Gasteiger partial charge in [0.25, 0.3) is 0 Å². The standard InChI is InChI=1S/C11H16N2O2S2/c1-13(10-6-7-16-8-10)17(14,15)11-4-2-9(12)3-5-11/h2-5,10H,6-8,12H2,1H3. The highest BCUT2D eigenvalue weighted by atomic mass is 32.2. The maximum Gasteiger partial charge on any atom is 0.243 e. The van der Waals surface area contributed by atoms with Gasteiger partial charge in [-0.15, -0.1) is 0 Å². The zero-order chi connectivity index (χ0) is 12.5. The van der Waals surface area contributed by atoms with E-state index in [2.05, 4.69) is 0 Å². The highest BCUT2D eigenvalue weighted by Gasteiger charge is 2.30. The van der Waals surface area contributed by atoms with Crippen LogP contribution in [0, 0.1) is 0 Å². The van der Waals surface area contributed by atoms with Crippen LogP contribution in [0.4, 0.5) is 5.69 Å². The quantitative estimate of drug-likeness (QED) is 0.845. The van der Waals surface area contributed by atoms with E-state index < -0.39 is 10.0 Å². The lowest BCUT2D eigenvalue weighted by atomic mass is 10.3. The third-order valence-corrected chi connectivity index (χ3v) is 6.05. The predicted octanol–water partition coefficient (Wildman–Crippen LogP) is 1.39. The van der Waals surface area contributed by atoms with Gasteiger partial charge in [0.2, 0.25) is 10.0 Å². The van der Waals surface area contributed by atoms with Crippen molar-refractivity contribution in [1.82, 2.24) is 4.31 Å². The second-order valence-corrected chi connectivity index (χ2v) is 7.26. The van der Waals surface area contributed by atoms with Crippen molar-refractivity contribution in [3.63, 3.8) is 0 Å². The van der Waals surface area contributed by atoms with E-state index in [1.54, 1.807) is 43.1 Å². The summed E-state index contributed by atoms with van der Waals surface area (Å²) in [7, 11) is -1.72. The molecule has 1 aliphatic heterocycles. The highest BCUT2D eigenvalue weighted by Crippen LogP contribution is 2.26. The summed E-state index contributed by atoms with van der Waals surface area (Å²) < 4.78 is 26.1. The van der Waals surface area contributed by atoms with Gasteiger partial charge in [-0.2, -0.15) is 16.1 Å². The van der Waals surface area contributed by atoms with Crippen LogP contribution in [0.1, 0.15) is 6.42 Å². The molecule has 1 unspecified atom stereocenters. The summed E-state index contributed by atoms with van der Waals surface area (Å²) in [5.74, 6) is 1.91. The first-order chi connectivity index (χ1) is 8.01. The number of nitrogens with two attached hydrogens (primary N) is 1. The number of anilines is 1. The van der Waals surface area contributed by atoms with Crippen LogP contribution in [0.2, 0.25) is 0 Å². The van der Waals surface area contributed by atoms with E-state index in [1.807, 2.05) is 0 Å². The van der Waals surface area contributed by atoms with Gasteiger partial charge < -0.3 is 5.73 Å². The number of rotatable bonds is 3. The molecule has 6 heteroatoms. The monoisotopic (exact) mass is 272 g/mol. The summed E-state index contributed by atoms with van der Waals surface area (Å²) in [6.07, 6.45) is 0.926. The molecule has 94 valence electrons. The summed E-state index contributed by atoms with van der Waals surface area (Å²) in [4.78, 5) is 0.311. The number of nitrogens with zero attached hydrogens (tertiary/aromatic N) is 1. The van der Waals surface area contributed by atoms with Crippen LogP contribution in [0.3, 0.4) is 0 Å². The normalized spacial score (nSPS) is 20.9. The molecule has 1 atom stereocenters. The molecule has 0 radical (unpaired) electrons. The Morgan fingerprint density at radius 1 is 1.35 bits per heavy atom. The minimum Gasteiger partial charge on any atom is -0.399 e. The van der Waals surface area contributed by atoms with E-state index in [1.165, 1.54) is 4.31 Å². The van der Waals surface area contributed by atoms with E-state index in [0.29, 0.717) is 10.6 Å². The molecule has 1 fully saturated rings. The maximum atomic E-state index is 12.3. The number of hydrogen-bond acceptors (Lipinski definition) is 4. The van der Waals surface area contributed by atoms with E-state index in [-0.39, 0.29) is 6.04 Å². The Balaban J connectivity index is 2.26. The van der Waals surface area contributed by atoms with Crippen LogP contribution in [-0.2, 0) is 10.0 Å². The maximum absolute atomic E-state index is 12.3. The predicted molar refractivity (Wildman–Crippen MR) is 71.5 cm³/mol. The van der Waals surface area contributed by atoms with E-state index in [0.717, 1.165) is 17.9 Å². The molecule has 17 heavy (non-hydrogen) atoms.